The molecule has 1 aliphatic rings. The second-order valence-corrected chi connectivity index (χ2v) is 4.72. The molecule has 0 spiro atoms. The average Bonchev–Trinajstić information content (AvgIpc) is 2.18. The summed E-state index contributed by atoms with van der Waals surface area (Å²) < 4.78 is 13.7. The van der Waals surface area contributed by atoms with Crippen LogP contribution in [0.1, 0.15) is 37.7 Å². The summed E-state index contributed by atoms with van der Waals surface area (Å²) in [5.41, 5.74) is 6.21. The van der Waals surface area contributed by atoms with Gasteiger partial charge in [0.15, 0.2) is 0 Å². The minimum atomic E-state index is -0.555. The minimum absolute atomic E-state index is 0.271. The molecule has 0 aliphatic heterocycles. The Morgan fingerprint density at radius 3 is 2.47 bits per heavy atom. The summed E-state index contributed by atoms with van der Waals surface area (Å²) in [5.74, 6) is -0.271. The third-order valence-electron chi connectivity index (χ3n) is 3.21. The van der Waals surface area contributed by atoms with Gasteiger partial charge in [-0.15, -0.1) is 0 Å². The minimum Gasteiger partial charge on any atom is -0.321 e. The zero-order valence-electron chi connectivity index (χ0n) is 8.60. The van der Waals surface area contributed by atoms with Crippen LogP contribution in [-0.4, -0.2) is 0 Å². The van der Waals surface area contributed by atoms with E-state index >= 15 is 0 Å². The van der Waals surface area contributed by atoms with Crippen molar-refractivity contribution in [3.63, 3.8) is 0 Å². The predicted octanol–water partition coefficient (Wildman–Crippen LogP) is 3.60. The van der Waals surface area contributed by atoms with Gasteiger partial charge in [0.1, 0.15) is 5.82 Å². The van der Waals surface area contributed by atoms with Gasteiger partial charge in [0, 0.05) is 16.1 Å². The maximum atomic E-state index is 13.7. The highest BCUT2D eigenvalue weighted by molar-refractivity contribution is 6.31. The lowest BCUT2D eigenvalue weighted by Crippen LogP contribution is -2.39. The molecule has 0 amide bonds. The Hall–Kier alpha value is -0.600. The topological polar surface area (TPSA) is 26.0 Å². The van der Waals surface area contributed by atoms with E-state index in [4.69, 9.17) is 17.3 Å². The van der Waals surface area contributed by atoms with Gasteiger partial charge in [-0.25, -0.2) is 4.39 Å². The van der Waals surface area contributed by atoms with E-state index in [0.717, 1.165) is 25.7 Å². The van der Waals surface area contributed by atoms with Crippen molar-refractivity contribution < 1.29 is 4.39 Å². The molecule has 0 atom stereocenters. The summed E-state index contributed by atoms with van der Waals surface area (Å²) in [5, 5.41) is 0.458. The van der Waals surface area contributed by atoms with Crippen LogP contribution in [0.25, 0.3) is 0 Å². The van der Waals surface area contributed by atoms with Crippen molar-refractivity contribution in [1.29, 1.82) is 0 Å². The van der Waals surface area contributed by atoms with Gasteiger partial charge in [-0.1, -0.05) is 36.9 Å². The highest BCUT2D eigenvalue weighted by Crippen LogP contribution is 2.39. The summed E-state index contributed by atoms with van der Waals surface area (Å²) in [4.78, 5) is 0. The molecule has 3 heteroatoms. The van der Waals surface area contributed by atoms with Crippen molar-refractivity contribution >= 4 is 11.6 Å². The van der Waals surface area contributed by atoms with Gasteiger partial charge in [0.05, 0.1) is 0 Å². The van der Waals surface area contributed by atoms with Crippen LogP contribution in [0.15, 0.2) is 18.2 Å². The Balaban J connectivity index is 2.42. The lowest BCUT2D eigenvalue weighted by molar-refractivity contribution is 0.293. The highest BCUT2D eigenvalue weighted by atomic mass is 35.5. The van der Waals surface area contributed by atoms with Gasteiger partial charge in [-0.05, 0) is 25.0 Å². The van der Waals surface area contributed by atoms with Crippen molar-refractivity contribution in [3.05, 3.63) is 34.6 Å². The molecule has 2 N–H and O–H groups in total. The van der Waals surface area contributed by atoms with Crippen molar-refractivity contribution in [1.82, 2.24) is 0 Å². The second kappa shape index (κ2) is 4.11. The summed E-state index contributed by atoms with van der Waals surface area (Å²) in [6.45, 7) is 0. The number of rotatable bonds is 1. The van der Waals surface area contributed by atoms with Crippen LogP contribution in [0.3, 0.4) is 0 Å². The Labute approximate surface area is 94.4 Å². The Morgan fingerprint density at radius 2 is 1.87 bits per heavy atom. The van der Waals surface area contributed by atoms with E-state index in [1.807, 2.05) is 0 Å². The Bertz CT molecular complexity index is 338. The summed E-state index contributed by atoms with van der Waals surface area (Å²) in [6, 6.07) is 4.76. The van der Waals surface area contributed by atoms with Crippen LogP contribution in [0.5, 0.6) is 0 Å². The zero-order valence-corrected chi connectivity index (χ0v) is 9.36. The van der Waals surface area contributed by atoms with Gasteiger partial charge in [0.2, 0.25) is 0 Å². The Kier molecular flexibility index (Phi) is 2.98. The van der Waals surface area contributed by atoms with Crippen LogP contribution in [0, 0.1) is 5.82 Å². The molecule has 1 nitrogen and oxygen atoms in total. The van der Waals surface area contributed by atoms with E-state index in [2.05, 4.69) is 0 Å². The van der Waals surface area contributed by atoms with Gasteiger partial charge in [0.25, 0.3) is 0 Å². The summed E-state index contributed by atoms with van der Waals surface area (Å²) in [7, 11) is 0. The van der Waals surface area contributed by atoms with Gasteiger partial charge < -0.3 is 5.73 Å². The molecule has 0 radical (unpaired) electrons. The molecule has 0 saturated heterocycles. The number of halogens is 2. The molecule has 1 saturated carbocycles. The molecule has 15 heavy (non-hydrogen) atoms. The monoisotopic (exact) mass is 227 g/mol. The fraction of sp³-hybridized carbons (Fsp3) is 0.500. The molecule has 1 aliphatic carbocycles. The van der Waals surface area contributed by atoms with Crippen LogP contribution in [0.2, 0.25) is 5.02 Å². The molecule has 0 heterocycles. The van der Waals surface area contributed by atoms with Gasteiger partial charge in [-0.2, -0.15) is 0 Å². The summed E-state index contributed by atoms with van der Waals surface area (Å²) >= 11 is 6.03. The third-order valence-corrected chi connectivity index (χ3v) is 3.52. The number of nitrogens with two attached hydrogens (primary N) is 1. The first kappa shape index (κ1) is 10.9. The van der Waals surface area contributed by atoms with Crippen LogP contribution in [-0.2, 0) is 5.54 Å². The van der Waals surface area contributed by atoms with Crippen LogP contribution >= 0.6 is 11.6 Å². The lowest BCUT2D eigenvalue weighted by Gasteiger charge is -2.34. The SMILES string of the molecule is NC1(c2c(F)cccc2Cl)CCCCC1. The predicted molar refractivity (Wildman–Crippen MR) is 60.4 cm³/mol. The van der Waals surface area contributed by atoms with Crippen LogP contribution in [0.4, 0.5) is 4.39 Å². The molecule has 1 fully saturated rings. The zero-order chi connectivity index (χ0) is 10.9. The van der Waals surface area contributed by atoms with E-state index in [1.165, 1.54) is 12.5 Å². The largest absolute Gasteiger partial charge is 0.321 e. The van der Waals surface area contributed by atoms with Crippen LogP contribution < -0.4 is 5.73 Å². The van der Waals surface area contributed by atoms with Crippen molar-refractivity contribution in [2.24, 2.45) is 5.73 Å². The molecule has 82 valence electrons. The maximum Gasteiger partial charge on any atom is 0.129 e. The number of benzene rings is 1. The van der Waals surface area contributed by atoms with E-state index in [-0.39, 0.29) is 5.82 Å². The van der Waals surface area contributed by atoms with Gasteiger partial charge in [-0.3, -0.25) is 0 Å². The van der Waals surface area contributed by atoms with E-state index < -0.39 is 5.54 Å². The lowest BCUT2D eigenvalue weighted by atomic mass is 9.77. The van der Waals surface area contributed by atoms with Crippen molar-refractivity contribution in [2.75, 3.05) is 0 Å². The molecular formula is C12H15ClFN. The Morgan fingerprint density at radius 1 is 1.20 bits per heavy atom. The maximum absolute atomic E-state index is 13.7. The number of hydrogen-bond donors (Lipinski definition) is 1. The highest BCUT2D eigenvalue weighted by Gasteiger charge is 2.33. The quantitative estimate of drug-likeness (QED) is 0.780. The summed E-state index contributed by atoms with van der Waals surface area (Å²) in [6.07, 6.45) is 4.95. The van der Waals surface area contributed by atoms with Crippen molar-refractivity contribution in [3.8, 4) is 0 Å². The fourth-order valence-corrected chi connectivity index (χ4v) is 2.76. The molecule has 2 rings (SSSR count). The smallest absolute Gasteiger partial charge is 0.129 e. The van der Waals surface area contributed by atoms with E-state index in [1.54, 1.807) is 12.1 Å². The molecule has 0 unspecified atom stereocenters. The first-order valence-electron chi connectivity index (χ1n) is 5.37. The molecule has 0 bridgehead atoms. The standard InChI is InChI=1S/C12H15ClFN/c13-9-5-4-6-10(14)11(9)12(15)7-2-1-3-8-12/h4-6H,1-3,7-8,15H2. The van der Waals surface area contributed by atoms with E-state index in [9.17, 15) is 4.39 Å². The first-order valence-corrected chi connectivity index (χ1v) is 5.75. The second-order valence-electron chi connectivity index (χ2n) is 4.31. The number of hydrogen-bond acceptors (Lipinski definition) is 1. The normalized spacial score (nSPS) is 20.2. The third kappa shape index (κ3) is 2.01. The van der Waals surface area contributed by atoms with Gasteiger partial charge >= 0.3 is 0 Å². The molecule has 0 aromatic heterocycles. The van der Waals surface area contributed by atoms with E-state index in [0.29, 0.717) is 10.6 Å². The first-order chi connectivity index (χ1) is 7.13. The van der Waals surface area contributed by atoms with Crippen molar-refractivity contribution in [2.45, 2.75) is 37.6 Å². The average molecular weight is 228 g/mol. The molecule has 1 aromatic carbocycles. The fourth-order valence-electron chi connectivity index (χ4n) is 2.41. The molecular weight excluding hydrogens is 213 g/mol. The molecule has 1 aromatic rings.